The highest BCUT2D eigenvalue weighted by Gasteiger charge is 2.18. The molecule has 0 aromatic heterocycles. The molecule has 0 aliphatic heterocycles. The Morgan fingerprint density at radius 3 is 2.30 bits per heavy atom. The van der Waals surface area contributed by atoms with Crippen LogP contribution >= 0.6 is 0 Å². The zero-order chi connectivity index (χ0) is 21.3. The number of nitrogens with one attached hydrogen (secondary N) is 1. The summed E-state index contributed by atoms with van der Waals surface area (Å²) in [6.07, 6.45) is 0.620. The molecule has 0 spiro atoms. The summed E-state index contributed by atoms with van der Waals surface area (Å²) in [5.41, 5.74) is 2.40. The molecule has 3 aromatic carbocycles. The number of benzene rings is 3. The molecule has 30 heavy (non-hydrogen) atoms. The summed E-state index contributed by atoms with van der Waals surface area (Å²) in [6.45, 7) is -3.65. The number of alkyl halides is 2. The van der Waals surface area contributed by atoms with E-state index in [2.05, 4.69) is 10.1 Å². The number of carbonyl (C=O) groups excluding carboxylic acids is 2. The summed E-state index contributed by atoms with van der Waals surface area (Å²) in [4.78, 5) is 24.5. The van der Waals surface area contributed by atoms with Gasteiger partial charge in [-0.1, -0.05) is 60.7 Å². The van der Waals surface area contributed by atoms with E-state index in [1.54, 1.807) is 12.1 Å². The number of halogens is 2. The highest BCUT2D eigenvalue weighted by Crippen LogP contribution is 2.22. The van der Waals surface area contributed by atoms with Crippen LogP contribution in [0.5, 0.6) is 5.75 Å². The van der Waals surface area contributed by atoms with Gasteiger partial charge < -0.3 is 14.8 Å². The van der Waals surface area contributed by atoms with Crippen molar-refractivity contribution in [1.82, 2.24) is 0 Å². The minimum atomic E-state index is -3.08. The van der Waals surface area contributed by atoms with Crippen molar-refractivity contribution in [2.75, 3.05) is 11.9 Å². The van der Waals surface area contributed by atoms with Gasteiger partial charge in [0.1, 0.15) is 11.3 Å². The molecule has 154 valence electrons. The normalized spacial score (nSPS) is 10.5. The van der Waals surface area contributed by atoms with Crippen LogP contribution in [0.15, 0.2) is 78.9 Å². The monoisotopic (exact) mass is 411 g/mol. The Hall–Kier alpha value is -3.74. The summed E-state index contributed by atoms with van der Waals surface area (Å²) in [7, 11) is 0. The predicted molar refractivity (Wildman–Crippen MR) is 108 cm³/mol. The molecule has 0 heterocycles. The average molecular weight is 411 g/mol. The molecule has 5 nitrogen and oxygen atoms in total. The first kappa shape index (κ1) is 21.0. The molecule has 0 aliphatic rings. The van der Waals surface area contributed by atoms with E-state index in [4.69, 9.17) is 4.74 Å². The van der Waals surface area contributed by atoms with Crippen LogP contribution in [0, 0.1) is 0 Å². The zero-order valence-corrected chi connectivity index (χ0v) is 15.9. The van der Waals surface area contributed by atoms with Crippen molar-refractivity contribution in [1.29, 1.82) is 0 Å². The molecule has 0 saturated carbocycles. The van der Waals surface area contributed by atoms with Gasteiger partial charge in [0.2, 0.25) is 0 Å². The van der Waals surface area contributed by atoms with E-state index in [0.717, 1.165) is 11.1 Å². The van der Waals surface area contributed by atoms with Gasteiger partial charge >= 0.3 is 12.6 Å². The van der Waals surface area contributed by atoms with Gasteiger partial charge in [0.15, 0.2) is 6.61 Å². The molecule has 0 bridgehead atoms. The van der Waals surface area contributed by atoms with E-state index in [0.29, 0.717) is 12.1 Å². The molecule has 1 amide bonds. The maximum atomic E-state index is 12.5. The van der Waals surface area contributed by atoms with Crippen molar-refractivity contribution >= 4 is 17.6 Å². The number of para-hydroxylation sites is 2. The van der Waals surface area contributed by atoms with Crippen LogP contribution in [0.2, 0.25) is 0 Å². The number of esters is 1. The quantitative estimate of drug-likeness (QED) is 0.547. The topological polar surface area (TPSA) is 64.6 Å². The van der Waals surface area contributed by atoms with Crippen molar-refractivity contribution in [3.63, 3.8) is 0 Å². The summed E-state index contributed by atoms with van der Waals surface area (Å²) in [5, 5.41) is 2.72. The number of ether oxygens (including phenoxy) is 2. The predicted octanol–water partition coefficient (Wildman–Crippen LogP) is 4.67. The van der Waals surface area contributed by atoms with Crippen molar-refractivity contribution < 1.29 is 27.8 Å². The summed E-state index contributed by atoms with van der Waals surface area (Å²) >= 11 is 0. The highest BCUT2D eigenvalue weighted by molar-refractivity contribution is 5.97. The van der Waals surface area contributed by atoms with E-state index >= 15 is 0 Å². The molecule has 0 fully saturated rings. The minimum absolute atomic E-state index is 0.185. The third-order valence-corrected chi connectivity index (χ3v) is 4.19. The van der Waals surface area contributed by atoms with Gasteiger partial charge in [0.05, 0.1) is 0 Å². The fourth-order valence-electron chi connectivity index (χ4n) is 2.84. The third-order valence-electron chi connectivity index (χ3n) is 4.19. The van der Waals surface area contributed by atoms with E-state index in [9.17, 15) is 18.4 Å². The van der Waals surface area contributed by atoms with Crippen LogP contribution in [0.3, 0.4) is 0 Å². The van der Waals surface area contributed by atoms with Crippen LogP contribution in [-0.2, 0) is 16.0 Å². The second-order valence-corrected chi connectivity index (χ2v) is 6.32. The Labute approximate surface area is 172 Å². The van der Waals surface area contributed by atoms with Crippen molar-refractivity contribution in [3.05, 3.63) is 95.6 Å². The number of anilines is 1. The lowest BCUT2D eigenvalue weighted by atomic mass is 10.0. The number of hydrogen-bond donors (Lipinski definition) is 1. The van der Waals surface area contributed by atoms with Gasteiger partial charge in [-0.3, -0.25) is 4.79 Å². The largest absolute Gasteiger partial charge is 0.452 e. The average Bonchev–Trinajstić information content (AvgIpc) is 2.74. The van der Waals surface area contributed by atoms with Gasteiger partial charge in [-0.2, -0.15) is 8.78 Å². The first-order chi connectivity index (χ1) is 14.5. The lowest BCUT2D eigenvalue weighted by Gasteiger charge is -2.12. The van der Waals surface area contributed by atoms with Gasteiger partial charge in [0.25, 0.3) is 5.91 Å². The number of hydrogen-bond acceptors (Lipinski definition) is 4. The van der Waals surface area contributed by atoms with Crippen LogP contribution in [0.25, 0.3) is 0 Å². The fraction of sp³-hybridized carbons (Fsp3) is 0.130. The van der Waals surface area contributed by atoms with Crippen molar-refractivity contribution in [3.8, 4) is 5.75 Å². The molecular formula is C23H19F2NO4. The van der Waals surface area contributed by atoms with Crippen LogP contribution in [0.4, 0.5) is 14.5 Å². The fourth-order valence-corrected chi connectivity index (χ4v) is 2.84. The molecule has 3 aromatic rings. The summed E-state index contributed by atoms with van der Waals surface area (Å²) < 4.78 is 34.2. The molecule has 0 radical (unpaired) electrons. The standard InChI is InChI=1S/C23H19F2NO4/c24-23(25)30-20-13-7-5-11-18(20)22(28)29-15-21(27)26-19-12-6-4-10-17(19)14-16-8-2-1-3-9-16/h1-13,23H,14-15H2,(H,26,27). The number of amides is 1. The van der Waals surface area contributed by atoms with Gasteiger partial charge in [-0.15, -0.1) is 0 Å². The Morgan fingerprint density at radius 1 is 0.867 bits per heavy atom. The Morgan fingerprint density at radius 2 is 1.53 bits per heavy atom. The molecule has 0 aliphatic carbocycles. The summed E-state index contributed by atoms with van der Waals surface area (Å²) in [5.74, 6) is -1.79. The maximum Gasteiger partial charge on any atom is 0.387 e. The Kier molecular flexibility index (Phi) is 7.10. The first-order valence-electron chi connectivity index (χ1n) is 9.15. The number of carbonyl (C=O) groups is 2. The maximum absolute atomic E-state index is 12.5. The first-order valence-corrected chi connectivity index (χ1v) is 9.15. The van der Waals surface area contributed by atoms with Gasteiger partial charge in [-0.25, -0.2) is 4.79 Å². The smallest absolute Gasteiger partial charge is 0.387 e. The Balaban J connectivity index is 1.61. The van der Waals surface area contributed by atoms with Crippen molar-refractivity contribution in [2.45, 2.75) is 13.0 Å². The molecule has 0 saturated heterocycles. The highest BCUT2D eigenvalue weighted by atomic mass is 19.3. The van der Waals surface area contributed by atoms with Crippen molar-refractivity contribution in [2.24, 2.45) is 0 Å². The lowest BCUT2D eigenvalue weighted by Crippen LogP contribution is -2.22. The minimum Gasteiger partial charge on any atom is -0.452 e. The third kappa shape index (κ3) is 5.88. The van der Waals surface area contributed by atoms with Crippen LogP contribution in [0.1, 0.15) is 21.5 Å². The van der Waals surface area contributed by atoms with E-state index in [1.165, 1.54) is 24.3 Å². The SMILES string of the molecule is O=C(COC(=O)c1ccccc1OC(F)F)Nc1ccccc1Cc1ccccc1. The second kappa shape index (κ2) is 10.2. The summed E-state index contributed by atoms with van der Waals surface area (Å²) in [6, 6.07) is 22.5. The van der Waals surface area contributed by atoms with Crippen LogP contribution < -0.4 is 10.1 Å². The van der Waals surface area contributed by atoms with E-state index in [-0.39, 0.29) is 11.3 Å². The van der Waals surface area contributed by atoms with Crippen LogP contribution in [-0.4, -0.2) is 25.1 Å². The van der Waals surface area contributed by atoms with Gasteiger partial charge in [0, 0.05) is 5.69 Å². The second-order valence-electron chi connectivity index (χ2n) is 6.32. The molecule has 1 N–H and O–H groups in total. The zero-order valence-electron chi connectivity index (χ0n) is 15.9. The molecule has 7 heteroatoms. The Bertz CT molecular complexity index is 1010. The molecular weight excluding hydrogens is 392 g/mol. The van der Waals surface area contributed by atoms with Gasteiger partial charge in [-0.05, 0) is 35.7 Å². The number of rotatable bonds is 8. The lowest BCUT2D eigenvalue weighted by molar-refractivity contribution is -0.119. The molecule has 0 unspecified atom stereocenters. The molecule has 3 rings (SSSR count). The van der Waals surface area contributed by atoms with E-state index in [1.807, 2.05) is 42.5 Å². The molecule has 0 atom stereocenters. The van der Waals surface area contributed by atoms with E-state index < -0.39 is 25.1 Å².